The van der Waals surface area contributed by atoms with Crippen molar-refractivity contribution in [1.29, 1.82) is 0 Å². The predicted molar refractivity (Wildman–Crippen MR) is 83.4 cm³/mol. The topological polar surface area (TPSA) is 47.6 Å². The Labute approximate surface area is 124 Å². The Hall–Kier alpha value is -2.49. The molecule has 2 rings (SSSR count). The minimum absolute atomic E-state index is 0.144. The van der Waals surface area contributed by atoms with Gasteiger partial charge in [-0.2, -0.15) is 0 Å². The van der Waals surface area contributed by atoms with Crippen molar-refractivity contribution in [1.82, 2.24) is 0 Å². The molecular formula is C17H19NO3. The van der Waals surface area contributed by atoms with Gasteiger partial charge in [-0.25, -0.2) is 0 Å². The highest BCUT2D eigenvalue weighted by Crippen LogP contribution is 2.33. The van der Waals surface area contributed by atoms with Crippen LogP contribution in [0.2, 0.25) is 0 Å². The van der Waals surface area contributed by atoms with Crippen molar-refractivity contribution in [2.24, 2.45) is 0 Å². The van der Waals surface area contributed by atoms with Crippen LogP contribution in [0.3, 0.4) is 0 Å². The van der Waals surface area contributed by atoms with Crippen LogP contribution in [-0.2, 0) is 0 Å². The van der Waals surface area contributed by atoms with Crippen LogP contribution in [0.5, 0.6) is 11.5 Å². The SMILES string of the molecule is COc1cc(C)c(NC(=O)c2cccc(C)c2)cc1OC. The second-order valence-electron chi connectivity index (χ2n) is 4.85. The van der Waals surface area contributed by atoms with Gasteiger partial charge in [0.2, 0.25) is 0 Å². The molecule has 0 fully saturated rings. The summed E-state index contributed by atoms with van der Waals surface area (Å²) < 4.78 is 10.5. The van der Waals surface area contributed by atoms with Gasteiger partial charge in [-0.1, -0.05) is 17.7 Å². The molecule has 4 heteroatoms. The fourth-order valence-electron chi connectivity index (χ4n) is 2.10. The second-order valence-corrected chi connectivity index (χ2v) is 4.85. The summed E-state index contributed by atoms with van der Waals surface area (Å²) in [7, 11) is 3.15. The fraction of sp³-hybridized carbons (Fsp3) is 0.235. The van der Waals surface area contributed by atoms with Gasteiger partial charge in [0.05, 0.1) is 14.2 Å². The van der Waals surface area contributed by atoms with Crippen molar-refractivity contribution in [3.63, 3.8) is 0 Å². The molecule has 0 radical (unpaired) electrons. The first-order valence-electron chi connectivity index (χ1n) is 6.65. The summed E-state index contributed by atoms with van der Waals surface area (Å²) >= 11 is 0. The largest absolute Gasteiger partial charge is 0.493 e. The highest BCUT2D eigenvalue weighted by molar-refractivity contribution is 6.04. The van der Waals surface area contributed by atoms with Crippen molar-refractivity contribution >= 4 is 11.6 Å². The lowest BCUT2D eigenvalue weighted by Crippen LogP contribution is -2.13. The van der Waals surface area contributed by atoms with Crippen LogP contribution < -0.4 is 14.8 Å². The zero-order chi connectivity index (χ0) is 15.4. The zero-order valence-corrected chi connectivity index (χ0v) is 12.7. The lowest BCUT2D eigenvalue weighted by molar-refractivity contribution is 0.102. The summed E-state index contributed by atoms with van der Waals surface area (Å²) in [6.45, 7) is 3.87. The van der Waals surface area contributed by atoms with Crippen LogP contribution in [0.4, 0.5) is 5.69 Å². The molecule has 0 unspecified atom stereocenters. The molecule has 0 bridgehead atoms. The monoisotopic (exact) mass is 285 g/mol. The number of rotatable bonds is 4. The van der Waals surface area contributed by atoms with Gasteiger partial charge in [-0.3, -0.25) is 4.79 Å². The molecule has 0 atom stereocenters. The summed E-state index contributed by atoms with van der Waals surface area (Å²) in [5.41, 5.74) is 3.30. The van der Waals surface area contributed by atoms with Crippen molar-refractivity contribution < 1.29 is 14.3 Å². The van der Waals surface area contributed by atoms with E-state index in [0.717, 1.165) is 11.1 Å². The third kappa shape index (κ3) is 3.34. The third-order valence-electron chi connectivity index (χ3n) is 3.26. The molecule has 110 valence electrons. The van der Waals surface area contributed by atoms with Gasteiger partial charge >= 0.3 is 0 Å². The number of methoxy groups -OCH3 is 2. The van der Waals surface area contributed by atoms with Gasteiger partial charge in [-0.15, -0.1) is 0 Å². The molecule has 0 saturated heterocycles. The molecule has 1 amide bonds. The van der Waals surface area contributed by atoms with Gasteiger partial charge in [0.15, 0.2) is 11.5 Å². The van der Waals surface area contributed by atoms with E-state index in [-0.39, 0.29) is 5.91 Å². The van der Waals surface area contributed by atoms with E-state index in [4.69, 9.17) is 9.47 Å². The van der Waals surface area contributed by atoms with Crippen LogP contribution in [0, 0.1) is 13.8 Å². The third-order valence-corrected chi connectivity index (χ3v) is 3.26. The quantitative estimate of drug-likeness (QED) is 0.934. The van der Waals surface area contributed by atoms with E-state index in [2.05, 4.69) is 5.32 Å². The van der Waals surface area contributed by atoms with Gasteiger partial charge in [0, 0.05) is 17.3 Å². The number of aryl methyl sites for hydroxylation is 2. The van der Waals surface area contributed by atoms with Gasteiger partial charge < -0.3 is 14.8 Å². The Balaban J connectivity index is 2.29. The lowest BCUT2D eigenvalue weighted by Gasteiger charge is -2.13. The van der Waals surface area contributed by atoms with E-state index in [1.54, 1.807) is 26.4 Å². The number of hydrogen-bond acceptors (Lipinski definition) is 3. The van der Waals surface area contributed by atoms with Gasteiger partial charge in [0.1, 0.15) is 0 Å². The Morgan fingerprint density at radius 1 is 1.00 bits per heavy atom. The molecule has 21 heavy (non-hydrogen) atoms. The van der Waals surface area contributed by atoms with Crippen LogP contribution in [-0.4, -0.2) is 20.1 Å². The standard InChI is InChI=1S/C17H19NO3/c1-11-6-5-7-13(8-11)17(19)18-14-10-16(21-4)15(20-3)9-12(14)2/h5-10H,1-4H3,(H,18,19). The minimum Gasteiger partial charge on any atom is -0.493 e. The number of ether oxygens (including phenoxy) is 2. The van der Waals surface area contributed by atoms with Crippen molar-refractivity contribution in [3.8, 4) is 11.5 Å². The Morgan fingerprint density at radius 2 is 1.67 bits per heavy atom. The molecule has 2 aromatic carbocycles. The molecule has 0 heterocycles. The molecule has 0 aliphatic rings. The Kier molecular flexibility index (Phi) is 4.48. The highest BCUT2D eigenvalue weighted by atomic mass is 16.5. The molecular weight excluding hydrogens is 266 g/mol. The summed E-state index contributed by atoms with van der Waals surface area (Å²) in [5, 5.41) is 2.91. The lowest BCUT2D eigenvalue weighted by atomic mass is 10.1. The fourth-order valence-corrected chi connectivity index (χ4v) is 2.10. The van der Waals surface area contributed by atoms with Crippen molar-refractivity contribution in [3.05, 3.63) is 53.1 Å². The van der Waals surface area contributed by atoms with Gasteiger partial charge in [0.25, 0.3) is 5.91 Å². The van der Waals surface area contributed by atoms with E-state index < -0.39 is 0 Å². The number of hydrogen-bond donors (Lipinski definition) is 1. The van der Waals surface area contributed by atoms with Crippen molar-refractivity contribution in [2.45, 2.75) is 13.8 Å². The Bertz CT molecular complexity index is 665. The van der Waals surface area contributed by atoms with Crippen LogP contribution in [0.15, 0.2) is 36.4 Å². The number of benzene rings is 2. The smallest absolute Gasteiger partial charge is 0.255 e. The highest BCUT2D eigenvalue weighted by Gasteiger charge is 2.12. The zero-order valence-electron chi connectivity index (χ0n) is 12.7. The van der Waals surface area contributed by atoms with E-state index in [0.29, 0.717) is 22.7 Å². The molecule has 0 saturated carbocycles. The van der Waals surface area contributed by atoms with Crippen LogP contribution in [0.1, 0.15) is 21.5 Å². The van der Waals surface area contributed by atoms with Gasteiger partial charge in [-0.05, 0) is 37.6 Å². The van der Waals surface area contributed by atoms with E-state index in [1.165, 1.54) is 0 Å². The predicted octanol–water partition coefficient (Wildman–Crippen LogP) is 3.57. The molecule has 4 nitrogen and oxygen atoms in total. The first-order valence-corrected chi connectivity index (χ1v) is 6.65. The maximum absolute atomic E-state index is 12.3. The maximum atomic E-state index is 12.3. The summed E-state index contributed by atoms with van der Waals surface area (Å²) in [5.74, 6) is 1.08. The maximum Gasteiger partial charge on any atom is 0.255 e. The molecule has 1 N–H and O–H groups in total. The second kappa shape index (κ2) is 6.31. The molecule has 0 aliphatic heterocycles. The molecule has 0 aromatic heterocycles. The van der Waals surface area contributed by atoms with E-state index >= 15 is 0 Å². The number of nitrogens with one attached hydrogen (secondary N) is 1. The van der Waals surface area contributed by atoms with Crippen LogP contribution >= 0.6 is 0 Å². The average molecular weight is 285 g/mol. The first kappa shape index (κ1) is 14.9. The molecule has 0 spiro atoms. The summed E-state index contributed by atoms with van der Waals surface area (Å²) in [6, 6.07) is 11.1. The minimum atomic E-state index is -0.144. The van der Waals surface area contributed by atoms with E-state index in [1.807, 2.05) is 38.1 Å². The number of anilines is 1. The summed E-state index contributed by atoms with van der Waals surface area (Å²) in [6.07, 6.45) is 0. The molecule has 2 aromatic rings. The van der Waals surface area contributed by atoms with Crippen molar-refractivity contribution in [2.75, 3.05) is 19.5 Å². The van der Waals surface area contributed by atoms with E-state index in [9.17, 15) is 4.79 Å². The number of carbonyl (C=O) groups is 1. The number of amides is 1. The first-order chi connectivity index (χ1) is 10.0. The average Bonchev–Trinajstić information content (AvgIpc) is 2.48. The summed E-state index contributed by atoms with van der Waals surface area (Å²) in [4.78, 5) is 12.3. The normalized spacial score (nSPS) is 10.1. The Morgan fingerprint density at radius 3 is 2.29 bits per heavy atom. The van der Waals surface area contributed by atoms with Crippen LogP contribution in [0.25, 0.3) is 0 Å². The number of carbonyl (C=O) groups excluding carboxylic acids is 1. The molecule has 0 aliphatic carbocycles.